The molecule has 0 radical (unpaired) electrons. The Morgan fingerprint density at radius 1 is 0.958 bits per heavy atom. The molecule has 2 aromatic rings. The first-order chi connectivity index (χ1) is 11.6. The molecule has 2 aromatic carbocycles. The van der Waals surface area contributed by atoms with Crippen molar-refractivity contribution in [2.75, 3.05) is 31.1 Å². The van der Waals surface area contributed by atoms with E-state index in [9.17, 15) is 4.79 Å². The molecule has 3 rings (SSSR count). The van der Waals surface area contributed by atoms with Crippen LogP contribution in [0, 0.1) is 6.92 Å². The number of aryl methyl sites for hydroxylation is 1. The van der Waals surface area contributed by atoms with E-state index >= 15 is 0 Å². The van der Waals surface area contributed by atoms with Gasteiger partial charge in [0.05, 0.1) is 5.25 Å². The van der Waals surface area contributed by atoms with E-state index in [1.807, 2.05) is 17.9 Å². The van der Waals surface area contributed by atoms with Gasteiger partial charge in [-0.2, -0.15) is 0 Å². The molecule has 0 aliphatic carbocycles. The number of benzene rings is 2. The van der Waals surface area contributed by atoms with E-state index in [0.717, 1.165) is 31.1 Å². The smallest absolute Gasteiger partial charge is 0.235 e. The number of hydrogen-bond acceptors (Lipinski definition) is 3. The molecule has 1 aliphatic heterocycles. The first kappa shape index (κ1) is 16.9. The lowest BCUT2D eigenvalue weighted by Gasteiger charge is -2.37. The molecule has 1 fully saturated rings. The summed E-state index contributed by atoms with van der Waals surface area (Å²) in [6.45, 7) is 7.49. The quantitative estimate of drug-likeness (QED) is 0.791. The summed E-state index contributed by atoms with van der Waals surface area (Å²) in [5, 5.41) is -0.0454. The Balaban J connectivity index is 1.53. The molecule has 0 unspecified atom stereocenters. The summed E-state index contributed by atoms with van der Waals surface area (Å²) in [5.41, 5.74) is 2.49. The molecule has 0 aromatic heterocycles. The Hall–Kier alpha value is -1.94. The minimum Gasteiger partial charge on any atom is -0.368 e. The van der Waals surface area contributed by atoms with Gasteiger partial charge in [0.1, 0.15) is 0 Å². The topological polar surface area (TPSA) is 23.6 Å². The lowest BCUT2D eigenvalue weighted by molar-refractivity contribution is -0.130. The van der Waals surface area contributed by atoms with Crippen LogP contribution in [0.25, 0.3) is 0 Å². The third-order valence-electron chi connectivity index (χ3n) is 4.39. The lowest BCUT2D eigenvalue weighted by Crippen LogP contribution is -2.50. The number of thioether (sulfide) groups is 1. The number of rotatable bonds is 4. The maximum Gasteiger partial charge on any atom is 0.235 e. The van der Waals surface area contributed by atoms with Crippen LogP contribution in [-0.4, -0.2) is 42.2 Å². The minimum absolute atomic E-state index is 0.0454. The van der Waals surface area contributed by atoms with Crippen LogP contribution in [0.2, 0.25) is 0 Å². The number of para-hydroxylation sites is 1. The highest BCUT2D eigenvalue weighted by Gasteiger charge is 2.25. The Bertz CT molecular complexity index is 664. The zero-order valence-corrected chi connectivity index (χ0v) is 15.1. The van der Waals surface area contributed by atoms with Crippen molar-refractivity contribution in [2.45, 2.75) is 24.0 Å². The number of nitrogens with zero attached hydrogens (tertiary/aromatic N) is 2. The van der Waals surface area contributed by atoms with Crippen molar-refractivity contribution in [2.24, 2.45) is 0 Å². The zero-order valence-electron chi connectivity index (χ0n) is 14.3. The molecule has 0 N–H and O–H groups in total. The molecule has 4 heteroatoms. The second-order valence-electron chi connectivity index (χ2n) is 6.22. The number of carbonyl (C=O) groups excluding carboxylic acids is 1. The van der Waals surface area contributed by atoms with E-state index in [-0.39, 0.29) is 11.2 Å². The number of amides is 1. The van der Waals surface area contributed by atoms with Gasteiger partial charge in [-0.15, -0.1) is 11.8 Å². The fourth-order valence-corrected chi connectivity index (χ4v) is 3.90. The number of piperazine rings is 1. The highest BCUT2D eigenvalue weighted by Crippen LogP contribution is 2.25. The Kier molecular flexibility index (Phi) is 5.46. The monoisotopic (exact) mass is 340 g/mol. The minimum atomic E-state index is -0.0454. The van der Waals surface area contributed by atoms with Gasteiger partial charge >= 0.3 is 0 Å². The van der Waals surface area contributed by atoms with Crippen molar-refractivity contribution in [3.05, 3.63) is 60.2 Å². The number of anilines is 1. The molecule has 1 saturated heterocycles. The molecule has 24 heavy (non-hydrogen) atoms. The van der Waals surface area contributed by atoms with E-state index in [4.69, 9.17) is 0 Å². The second-order valence-corrected chi connectivity index (χ2v) is 7.64. The molecule has 1 heterocycles. The molecule has 0 bridgehead atoms. The van der Waals surface area contributed by atoms with Gasteiger partial charge in [0.25, 0.3) is 0 Å². The summed E-state index contributed by atoms with van der Waals surface area (Å²) in [5.74, 6) is 0.244. The van der Waals surface area contributed by atoms with Crippen LogP contribution in [0.5, 0.6) is 0 Å². The first-order valence-corrected chi connectivity index (χ1v) is 9.33. The van der Waals surface area contributed by atoms with E-state index in [2.05, 4.69) is 60.4 Å². The second kappa shape index (κ2) is 7.75. The van der Waals surface area contributed by atoms with E-state index in [1.165, 1.54) is 11.3 Å². The third-order valence-corrected chi connectivity index (χ3v) is 5.49. The predicted octanol–water partition coefficient (Wildman–Crippen LogP) is 3.82. The first-order valence-electron chi connectivity index (χ1n) is 8.45. The van der Waals surface area contributed by atoms with Crippen LogP contribution in [0.15, 0.2) is 59.5 Å². The van der Waals surface area contributed by atoms with Crippen molar-refractivity contribution >= 4 is 23.4 Å². The van der Waals surface area contributed by atoms with Gasteiger partial charge in [0.2, 0.25) is 5.91 Å². The Morgan fingerprint density at radius 2 is 1.58 bits per heavy atom. The van der Waals surface area contributed by atoms with Crippen LogP contribution in [0.1, 0.15) is 12.5 Å². The fourth-order valence-electron chi connectivity index (χ4n) is 2.95. The molecule has 1 aliphatic rings. The summed E-state index contributed by atoms with van der Waals surface area (Å²) in [6.07, 6.45) is 0. The summed E-state index contributed by atoms with van der Waals surface area (Å²) < 4.78 is 0. The molecule has 126 valence electrons. The van der Waals surface area contributed by atoms with Crippen molar-refractivity contribution < 1.29 is 4.79 Å². The maximum atomic E-state index is 12.7. The molecule has 1 atom stereocenters. The largest absolute Gasteiger partial charge is 0.368 e. The van der Waals surface area contributed by atoms with Crippen LogP contribution < -0.4 is 4.90 Å². The van der Waals surface area contributed by atoms with Gasteiger partial charge in [-0.05, 0) is 38.1 Å². The highest BCUT2D eigenvalue weighted by atomic mass is 32.2. The predicted molar refractivity (Wildman–Crippen MR) is 102 cm³/mol. The van der Waals surface area contributed by atoms with Gasteiger partial charge in [-0.25, -0.2) is 0 Å². The van der Waals surface area contributed by atoms with Crippen molar-refractivity contribution in [1.29, 1.82) is 0 Å². The van der Waals surface area contributed by atoms with Gasteiger partial charge < -0.3 is 9.80 Å². The van der Waals surface area contributed by atoms with E-state index in [0.29, 0.717) is 0 Å². The summed E-state index contributed by atoms with van der Waals surface area (Å²) in [6, 6.07) is 18.8. The number of hydrogen-bond donors (Lipinski definition) is 0. The number of carbonyl (C=O) groups is 1. The molecule has 1 amide bonds. The van der Waals surface area contributed by atoms with Crippen molar-refractivity contribution in [1.82, 2.24) is 4.90 Å². The van der Waals surface area contributed by atoms with Gasteiger partial charge in [-0.1, -0.05) is 35.9 Å². The van der Waals surface area contributed by atoms with Crippen LogP contribution in [-0.2, 0) is 4.79 Å². The van der Waals surface area contributed by atoms with Crippen molar-refractivity contribution in [3.63, 3.8) is 0 Å². The zero-order chi connectivity index (χ0) is 16.9. The average molecular weight is 340 g/mol. The molecule has 0 spiro atoms. The van der Waals surface area contributed by atoms with Crippen LogP contribution in [0.4, 0.5) is 5.69 Å². The summed E-state index contributed by atoms with van der Waals surface area (Å²) >= 11 is 1.65. The standard InChI is InChI=1S/C20H24N2OS/c1-16-8-10-19(11-9-16)24-17(2)20(23)22-14-12-21(13-15-22)18-6-4-3-5-7-18/h3-11,17H,12-15H2,1-2H3/t17-/m0/s1. The highest BCUT2D eigenvalue weighted by molar-refractivity contribution is 8.00. The van der Waals surface area contributed by atoms with E-state index < -0.39 is 0 Å². The SMILES string of the molecule is Cc1ccc(S[C@@H](C)C(=O)N2CCN(c3ccccc3)CC2)cc1. The third kappa shape index (κ3) is 4.12. The van der Waals surface area contributed by atoms with Gasteiger partial charge in [0.15, 0.2) is 0 Å². The Morgan fingerprint density at radius 3 is 2.21 bits per heavy atom. The summed E-state index contributed by atoms with van der Waals surface area (Å²) in [7, 11) is 0. The van der Waals surface area contributed by atoms with Gasteiger partial charge in [-0.3, -0.25) is 4.79 Å². The van der Waals surface area contributed by atoms with Crippen molar-refractivity contribution in [3.8, 4) is 0 Å². The van der Waals surface area contributed by atoms with Gasteiger partial charge in [0, 0.05) is 36.8 Å². The normalized spacial score (nSPS) is 16.1. The molecule has 3 nitrogen and oxygen atoms in total. The van der Waals surface area contributed by atoms with Crippen LogP contribution in [0.3, 0.4) is 0 Å². The van der Waals surface area contributed by atoms with E-state index in [1.54, 1.807) is 11.8 Å². The average Bonchev–Trinajstić information content (AvgIpc) is 2.64. The fraction of sp³-hybridized carbons (Fsp3) is 0.350. The molecule has 0 saturated carbocycles. The Labute approximate surface area is 148 Å². The summed E-state index contributed by atoms with van der Waals surface area (Å²) in [4.78, 5) is 18.2. The molecular formula is C20H24N2OS. The van der Waals surface area contributed by atoms with Crippen LogP contribution >= 0.6 is 11.8 Å². The molecular weight excluding hydrogens is 316 g/mol. The maximum absolute atomic E-state index is 12.7. The lowest BCUT2D eigenvalue weighted by atomic mass is 10.2.